The van der Waals surface area contributed by atoms with Gasteiger partial charge in [0, 0.05) is 16.8 Å². The van der Waals surface area contributed by atoms with Gasteiger partial charge in [-0.3, -0.25) is 0 Å². The normalized spacial score (nSPS) is 13.2. The van der Waals surface area contributed by atoms with Crippen LogP contribution in [0.4, 0.5) is 0 Å². The van der Waals surface area contributed by atoms with E-state index in [2.05, 4.69) is 62.3 Å². The summed E-state index contributed by atoms with van der Waals surface area (Å²) in [5, 5.41) is 0. The van der Waals surface area contributed by atoms with Crippen molar-refractivity contribution in [2.45, 2.75) is 137 Å². The van der Waals surface area contributed by atoms with Crippen LogP contribution in [0.5, 0.6) is 0 Å². The number of hydrogen-bond donors (Lipinski definition) is 0. The first kappa shape index (κ1) is 29.6. The Morgan fingerprint density at radius 3 is 0.692 bits per heavy atom. The monoisotopic (exact) mass is 395 g/mol. The first-order valence-electron chi connectivity index (χ1n) is 10.9. The molecule has 0 N–H and O–H groups in total. The van der Waals surface area contributed by atoms with Crippen molar-refractivity contribution in [2.75, 3.05) is 0 Å². The van der Waals surface area contributed by atoms with Crippen molar-refractivity contribution >= 4 is 15.1 Å². The van der Waals surface area contributed by atoms with E-state index in [1.165, 1.54) is 0 Å². The summed E-state index contributed by atoms with van der Waals surface area (Å²) < 4.78 is 20.1. The molecule has 0 heterocycles. The number of hydrogen-bond acceptors (Lipinski definition) is 3. The topological polar surface area (TPSA) is 27.7 Å². The molecular weight excluding hydrogens is 350 g/mol. The minimum Gasteiger partial charge on any atom is -0.629 e. The van der Waals surface area contributed by atoms with Crippen LogP contribution in [0.15, 0.2) is 0 Å². The molecule has 0 spiro atoms. The fourth-order valence-electron chi connectivity index (χ4n) is 3.68. The van der Waals surface area contributed by atoms with Gasteiger partial charge < -0.3 is 11.4 Å². The van der Waals surface area contributed by atoms with Crippen molar-refractivity contribution in [1.29, 1.82) is 0 Å². The fraction of sp³-hybridized carbons (Fsp3) is 1.00. The molecule has 3 nitrogen and oxygen atoms in total. The molecule has 0 atom stereocenters. The number of rotatable bonds is 15. The van der Waals surface area contributed by atoms with Crippen molar-refractivity contribution in [3.63, 3.8) is 0 Å². The molecule has 0 amide bonds. The molecule has 26 heavy (non-hydrogen) atoms. The van der Waals surface area contributed by atoms with Crippen LogP contribution in [-0.2, 0) is 11.4 Å². The van der Waals surface area contributed by atoms with E-state index in [-0.39, 0.29) is 46.4 Å². The summed E-state index contributed by atoms with van der Waals surface area (Å²) in [5.41, 5.74) is -0.337. The minimum absolute atomic E-state index is 0. The fourth-order valence-corrected chi connectivity index (χ4v) is 6.55. The summed E-state index contributed by atoms with van der Waals surface area (Å²) in [6.45, 7) is 20.0. The summed E-state index contributed by atoms with van der Waals surface area (Å²) in [6, 6.07) is 0. The SMILES string of the molecule is CCC(CC)(CC)[O][Al-]([O]C(CC)(CC)CC)[O]C(CC)(CC)CC.[Na+]. The van der Waals surface area contributed by atoms with Crippen molar-refractivity contribution in [2.24, 2.45) is 0 Å². The standard InChI is InChI=1S/3C7H15O.Al.Na/c3*1-4-7(8,5-2)6-3;;/h3*4-6H2,1-3H3;;/q3*-1;+2;+1. The first-order chi connectivity index (χ1) is 11.8. The summed E-state index contributed by atoms with van der Waals surface area (Å²) >= 11 is -2.27. The maximum absolute atomic E-state index is 6.70. The van der Waals surface area contributed by atoms with Gasteiger partial charge in [-0.15, -0.1) is 0 Å². The van der Waals surface area contributed by atoms with Gasteiger partial charge in [0.25, 0.3) is 0 Å². The Morgan fingerprint density at radius 2 is 0.577 bits per heavy atom. The zero-order valence-electron chi connectivity index (χ0n) is 19.7. The maximum atomic E-state index is 6.70. The third-order valence-electron chi connectivity index (χ3n) is 6.84. The van der Waals surface area contributed by atoms with Gasteiger partial charge in [-0.25, -0.2) is 0 Å². The minimum atomic E-state index is -2.27. The van der Waals surface area contributed by atoms with Crippen molar-refractivity contribution in [3.8, 4) is 0 Å². The van der Waals surface area contributed by atoms with Gasteiger partial charge in [-0.05, 0) is 57.8 Å². The van der Waals surface area contributed by atoms with Gasteiger partial charge in [0.05, 0.1) is 0 Å². The average molecular weight is 396 g/mol. The van der Waals surface area contributed by atoms with Crippen LogP contribution in [0.1, 0.15) is 120 Å². The van der Waals surface area contributed by atoms with Gasteiger partial charge in [0.15, 0.2) is 0 Å². The molecule has 1 radical (unpaired) electrons. The Hall–Kier alpha value is 1.41. The largest absolute Gasteiger partial charge is 1.00 e. The molecule has 151 valence electrons. The summed E-state index contributed by atoms with van der Waals surface area (Å²) in [5.74, 6) is 0. The zero-order valence-corrected chi connectivity index (χ0v) is 22.8. The van der Waals surface area contributed by atoms with Crippen LogP contribution in [0.2, 0.25) is 0 Å². The van der Waals surface area contributed by atoms with Crippen molar-refractivity contribution < 1.29 is 40.9 Å². The molecule has 0 rings (SSSR count). The zero-order chi connectivity index (χ0) is 19.6. The smallest absolute Gasteiger partial charge is 0.629 e. The van der Waals surface area contributed by atoms with Crippen LogP contribution < -0.4 is 29.6 Å². The van der Waals surface area contributed by atoms with E-state index in [9.17, 15) is 0 Å². The molecule has 0 unspecified atom stereocenters. The molecule has 0 fully saturated rings. The molecule has 0 aliphatic rings. The quantitative estimate of drug-likeness (QED) is 0.393. The third kappa shape index (κ3) is 8.04. The van der Waals surface area contributed by atoms with E-state index in [0.29, 0.717) is 0 Å². The average Bonchev–Trinajstić information content (AvgIpc) is 2.68. The maximum Gasteiger partial charge on any atom is 1.00 e. The van der Waals surface area contributed by atoms with Crippen LogP contribution in [-0.4, -0.2) is 32.0 Å². The van der Waals surface area contributed by atoms with Gasteiger partial charge in [-0.1, -0.05) is 62.3 Å². The Bertz CT molecular complexity index is 263. The van der Waals surface area contributed by atoms with E-state index in [1.807, 2.05) is 0 Å². The Morgan fingerprint density at radius 1 is 0.423 bits per heavy atom. The van der Waals surface area contributed by atoms with E-state index < -0.39 is 15.1 Å². The van der Waals surface area contributed by atoms with E-state index in [0.717, 1.165) is 57.8 Å². The van der Waals surface area contributed by atoms with E-state index in [4.69, 9.17) is 11.4 Å². The molecule has 0 saturated carbocycles. The van der Waals surface area contributed by atoms with Gasteiger partial charge in [0.1, 0.15) is 0 Å². The Labute approximate surface area is 192 Å². The predicted octanol–water partition coefficient (Wildman–Crippen LogP) is 3.93. The molecule has 0 saturated heterocycles. The van der Waals surface area contributed by atoms with Gasteiger partial charge >= 0.3 is 44.7 Å². The molecule has 0 aliphatic heterocycles. The predicted molar refractivity (Wildman–Crippen MR) is 110 cm³/mol. The molecular formula is C21H45AlNaO3. The molecule has 0 aromatic rings. The van der Waals surface area contributed by atoms with Crippen LogP contribution in [0, 0.1) is 0 Å². The first-order valence-corrected chi connectivity index (χ1v) is 12.3. The summed E-state index contributed by atoms with van der Waals surface area (Å²) in [4.78, 5) is 0. The molecule has 0 aromatic carbocycles. The summed E-state index contributed by atoms with van der Waals surface area (Å²) in [7, 11) is 0. The molecule has 0 bridgehead atoms. The van der Waals surface area contributed by atoms with E-state index >= 15 is 0 Å². The van der Waals surface area contributed by atoms with Crippen LogP contribution in [0.3, 0.4) is 0 Å². The van der Waals surface area contributed by atoms with Gasteiger partial charge in [-0.2, -0.15) is 0 Å². The Balaban J connectivity index is 0. The van der Waals surface area contributed by atoms with Gasteiger partial charge in [0.2, 0.25) is 0 Å². The van der Waals surface area contributed by atoms with Crippen LogP contribution >= 0.6 is 0 Å². The third-order valence-corrected chi connectivity index (χ3v) is 8.92. The molecule has 0 aliphatic carbocycles. The van der Waals surface area contributed by atoms with Crippen molar-refractivity contribution in [1.82, 2.24) is 0 Å². The van der Waals surface area contributed by atoms with Crippen molar-refractivity contribution in [3.05, 3.63) is 0 Å². The molecule has 5 heteroatoms. The second-order valence-corrected chi connectivity index (χ2v) is 8.66. The van der Waals surface area contributed by atoms with E-state index in [1.54, 1.807) is 0 Å². The Kier molecular flexibility index (Phi) is 16.4. The second kappa shape index (κ2) is 14.4. The molecule has 0 aromatic heterocycles. The second-order valence-electron chi connectivity index (χ2n) is 7.37. The summed E-state index contributed by atoms with van der Waals surface area (Å²) in [6.07, 6.45) is 9.04. The van der Waals surface area contributed by atoms with Crippen LogP contribution in [0.25, 0.3) is 0 Å².